The topological polar surface area (TPSA) is 63.8 Å². The van der Waals surface area contributed by atoms with Crippen LogP contribution >= 0.6 is 11.3 Å². The van der Waals surface area contributed by atoms with Crippen molar-refractivity contribution in [2.45, 2.75) is 26.3 Å². The number of aryl methyl sites for hydroxylation is 1. The van der Waals surface area contributed by atoms with Gasteiger partial charge in [-0.05, 0) is 31.9 Å². The second kappa shape index (κ2) is 5.69. The van der Waals surface area contributed by atoms with Crippen molar-refractivity contribution in [3.63, 3.8) is 0 Å². The molecule has 2 aromatic heterocycles. The number of rotatable bonds is 4. The molecule has 0 radical (unpaired) electrons. The van der Waals surface area contributed by atoms with Crippen LogP contribution in [0.25, 0.3) is 10.2 Å². The molecule has 0 amide bonds. The molecule has 0 bridgehead atoms. The summed E-state index contributed by atoms with van der Waals surface area (Å²) in [5, 5.41) is 4.51. The highest BCUT2D eigenvalue weighted by Gasteiger charge is 2.12. The highest BCUT2D eigenvalue weighted by atomic mass is 32.1. The van der Waals surface area contributed by atoms with Crippen LogP contribution in [0.5, 0.6) is 0 Å². The first-order valence-corrected chi connectivity index (χ1v) is 7.77. The van der Waals surface area contributed by atoms with E-state index in [4.69, 9.17) is 5.73 Å². The number of nitrogens with two attached hydrogens (primary N) is 1. The first-order chi connectivity index (χ1) is 10.1. The maximum Gasteiger partial charge on any atom is 0.223 e. The normalized spacial score (nSPS) is 12.5. The Morgan fingerprint density at radius 3 is 2.76 bits per heavy atom. The van der Waals surface area contributed by atoms with Gasteiger partial charge < -0.3 is 11.1 Å². The minimum atomic E-state index is 0.269. The summed E-state index contributed by atoms with van der Waals surface area (Å²) >= 11 is 1.64. The molecule has 0 aliphatic rings. The molecule has 3 N–H and O–H groups in total. The van der Waals surface area contributed by atoms with E-state index in [1.165, 1.54) is 10.4 Å². The van der Waals surface area contributed by atoms with Crippen molar-refractivity contribution in [1.82, 2.24) is 9.97 Å². The van der Waals surface area contributed by atoms with E-state index in [1.54, 1.807) is 11.3 Å². The van der Waals surface area contributed by atoms with Crippen LogP contribution in [0.15, 0.2) is 36.4 Å². The van der Waals surface area contributed by atoms with E-state index in [9.17, 15) is 0 Å². The van der Waals surface area contributed by atoms with Crippen molar-refractivity contribution >= 4 is 33.3 Å². The van der Waals surface area contributed by atoms with Crippen molar-refractivity contribution in [2.75, 3.05) is 11.1 Å². The number of fused-ring (bicyclic) bond motifs is 1. The first-order valence-electron chi connectivity index (χ1n) is 6.96. The van der Waals surface area contributed by atoms with E-state index in [0.717, 1.165) is 22.5 Å². The van der Waals surface area contributed by atoms with Gasteiger partial charge in [0.1, 0.15) is 10.6 Å². The zero-order valence-corrected chi connectivity index (χ0v) is 12.9. The third kappa shape index (κ3) is 3.13. The highest BCUT2D eigenvalue weighted by Crippen LogP contribution is 2.29. The smallest absolute Gasteiger partial charge is 0.223 e. The van der Waals surface area contributed by atoms with E-state index in [1.807, 2.05) is 6.07 Å². The Morgan fingerprint density at radius 2 is 2.00 bits per heavy atom. The number of hydrogen-bond acceptors (Lipinski definition) is 5. The number of benzene rings is 1. The monoisotopic (exact) mass is 298 g/mol. The summed E-state index contributed by atoms with van der Waals surface area (Å²) in [5.74, 6) is 1.14. The molecule has 4 nitrogen and oxygen atoms in total. The number of anilines is 2. The molecule has 0 saturated heterocycles. The predicted molar refractivity (Wildman–Crippen MR) is 89.8 cm³/mol. The van der Waals surface area contributed by atoms with Gasteiger partial charge in [0.15, 0.2) is 0 Å². The second-order valence-corrected chi connectivity index (χ2v) is 6.48. The van der Waals surface area contributed by atoms with E-state index in [-0.39, 0.29) is 6.04 Å². The minimum absolute atomic E-state index is 0.269. The molecule has 1 unspecified atom stereocenters. The molecule has 0 aliphatic heterocycles. The summed E-state index contributed by atoms with van der Waals surface area (Å²) < 4.78 is 0. The third-order valence-corrected chi connectivity index (χ3v) is 4.25. The fourth-order valence-corrected chi connectivity index (χ4v) is 3.31. The van der Waals surface area contributed by atoms with E-state index < -0.39 is 0 Å². The van der Waals surface area contributed by atoms with Crippen molar-refractivity contribution in [3.05, 3.63) is 46.8 Å². The number of nitrogen functional groups attached to an aromatic ring is 1. The third-order valence-electron chi connectivity index (χ3n) is 3.30. The van der Waals surface area contributed by atoms with Crippen LogP contribution in [0.4, 0.5) is 11.8 Å². The largest absolute Gasteiger partial charge is 0.368 e. The van der Waals surface area contributed by atoms with Gasteiger partial charge in [-0.15, -0.1) is 11.3 Å². The van der Waals surface area contributed by atoms with Crippen molar-refractivity contribution in [3.8, 4) is 0 Å². The Morgan fingerprint density at radius 1 is 1.24 bits per heavy atom. The SMILES string of the molecule is Cc1cc2c(NC(C)Cc3ccccc3)nc(N)nc2s1. The number of nitrogens with one attached hydrogen (secondary N) is 1. The highest BCUT2D eigenvalue weighted by molar-refractivity contribution is 7.18. The summed E-state index contributed by atoms with van der Waals surface area (Å²) in [6, 6.07) is 12.8. The van der Waals surface area contributed by atoms with Gasteiger partial charge in [-0.1, -0.05) is 30.3 Å². The lowest BCUT2D eigenvalue weighted by molar-refractivity contribution is 0.786. The van der Waals surface area contributed by atoms with Crippen LogP contribution < -0.4 is 11.1 Å². The molecule has 2 heterocycles. The lowest BCUT2D eigenvalue weighted by Gasteiger charge is -2.15. The van der Waals surface area contributed by atoms with Crippen LogP contribution in [-0.2, 0) is 6.42 Å². The Kier molecular flexibility index (Phi) is 3.75. The zero-order chi connectivity index (χ0) is 14.8. The number of nitrogens with zero attached hydrogens (tertiary/aromatic N) is 2. The van der Waals surface area contributed by atoms with E-state index >= 15 is 0 Å². The van der Waals surface area contributed by atoms with Crippen LogP contribution in [0, 0.1) is 6.92 Å². The summed E-state index contributed by atoms with van der Waals surface area (Å²) in [6.07, 6.45) is 0.940. The van der Waals surface area contributed by atoms with Crippen molar-refractivity contribution in [1.29, 1.82) is 0 Å². The Hall–Kier alpha value is -2.14. The van der Waals surface area contributed by atoms with Gasteiger partial charge in [0.25, 0.3) is 0 Å². The number of hydrogen-bond donors (Lipinski definition) is 2. The summed E-state index contributed by atoms with van der Waals surface area (Å²) in [5.41, 5.74) is 7.11. The molecule has 0 aliphatic carbocycles. The maximum absolute atomic E-state index is 5.81. The van der Waals surface area contributed by atoms with E-state index in [2.05, 4.69) is 59.5 Å². The Balaban J connectivity index is 1.84. The first kappa shape index (κ1) is 13.8. The maximum atomic E-state index is 5.81. The van der Waals surface area contributed by atoms with Gasteiger partial charge in [0.2, 0.25) is 5.95 Å². The van der Waals surface area contributed by atoms with E-state index in [0.29, 0.717) is 5.95 Å². The van der Waals surface area contributed by atoms with Gasteiger partial charge in [0.05, 0.1) is 5.39 Å². The molecule has 0 saturated carbocycles. The molecule has 3 aromatic rings. The fourth-order valence-electron chi connectivity index (χ4n) is 2.42. The summed E-state index contributed by atoms with van der Waals surface area (Å²) in [4.78, 5) is 10.8. The lowest BCUT2D eigenvalue weighted by atomic mass is 10.1. The average molecular weight is 298 g/mol. The number of aromatic nitrogens is 2. The molecule has 0 spiro atoms. The molecule has 1 atom stereocenters. The number of thiophene rings is 1. The molecule has 21 heavy (non-hydrogen) atoms. The van der Waals surface area contributed by atoms with Crippen LogP contribution in [0.1, 0.15) is 17.4 Å². The molecule has 0 fully saturated rings. The van der Waals surface area contributed by atoms with Crippen LogP contribution in [0.2, 0.25) is 0 Å². The molecular weight excluding hydrogens is 280 g/mol. The zero-order valence-electron chi connectivity index (χ0n) is 12.1. The predicted octanol–water partition coefficient (Wildman–Crippen LogP) is 3.63. The molecule has 1 aromatic carbocycles. The Labute approximate surface area is 128 Å². The van der Waals surface area contributed by atoms with Gasteiger partial charge in [-0.25, -0.2) is 4.98 Å². The van der Waals surface area contributed by atoms with Gasteiger partial charge >= 0.3 is 0 Å². The van der Waals surface area contributed by atoms with Gasteiger partial charge in [-0.3, -0.25) is 0 Å². The minimum Gasteiger partial charge on any atom is -0.368 e. The Bertz CT molecular complexity index is 752. The lowest BCUT2D eigenvalue weighted by Crippen LogP contribution is -2.19. The molecular formula is C16H18N4S. The molecule has 5 heteroatoms. The fraction of sp³-hybridized carbons (Fsp3) is 0.250. The quantitative estimate of drug-likeness (QED) is 0.772. The summed E-state index contributed by atoms with van der Waals surface area (Å²) in [6.45, 7) is 4.22. The van der Waals surface area contributed by atoms with Crippen molar-refractivity contribution in [2.24, 2.45) is 0 Å². The average Bonchev–Trinajstić information content (AvgIpc) is 2.80. The second-order valence-electron chi connectivity index (χ2n) is 5.24. The molecule has 108 valence electrons. The molecule has 3 rings (SSSR count). The van der Waals surface area contributed by atoms with Crippen LogP contribution in [0.3, 0.4) is 0 Å². The summed E-state index contributed by atoms with van der Waals surface area (Å²) in [7, 11) is 0. The standard InChI is InChI=1S/C16H18N4S/c1-10(8-12-6-4-3-5-7-12)18-14-13-9-11(2)21-15(13)20-16(17)19-14/h3-7,9-10H,8H2,1-2H3,(H3,17,18,19,20). The van der Waals surface area contributed by atoms with Crippen LogP contribution in [-0.4, -0.2) is 16.0 Å². The van der Waals surface area contributed by atoms with Crippen molar-refractivity contribution < 1.29 is 0 Å². The van der Waals surface area contributed by atoms with Gasteiger partial charge in [-0.2, -0.15) is 4.98 Å². The van der Waals surface area contributed by atoms with Gasteiger partial charge in [0, 0.05) is 10.9 Å².